The number of β-lactam (4-membered cyclic amide) rings is 1. The van der Waals surface area contributed by atoms with Crippen LogP contribution in [0.3, 0.4) is 0 Å². The van der Waals surface area contributed by atoms with E-state index in [1.807, 2.05) is 26.0 Å². The second-order valence-corrected chi connectivity index (χ2v) is 11.0. The lowest BCUT2D eigenvalue weighted by atomic mass is 10.0. The highest BCUT2D eigenvalue weighted by Gasteiger charge is 2.53. The Hall–Kier alpha value is -4.17. The second-order valence-electron chi connectivity index (χ2n) is 9.46. The minimum Gasteiger partial charge on any atom is -0.509 e. The number of alkyl halides is 1. The molecular formula is C28H26BrN3O9S. The van der Waals surface area contributed by atoms with E-state index in [9.17, 15) is 33.9 Å². The van der Waals surface area contributed by atoms with Crippen LogP contribution in [-0.4, -0.2) is 80.2 Å². The Kier molecular flexibility index (Phi) is 9.68. The van der Waals surface area contributed by atoms with Crippen LogP contribution in [0.5, 0.6) is 5.75 Å². The van der Waals surface area contributed by atoms with E-state index < -0.39 is 65.8 Å². The number of hydrogen-bond acceptors (Lipinski definition) is 10. The van der Waals surface area contributed by atoms with Gasteiger partial charge in [-0.1, -0.05) is 65.8 Å². The number of esters is 1. The molecule has 0 spiro atoms. The number of rotatable bonds is 12. The van der Waals surface area contributed by atoms with Gasteiger partial charge in [-0.25, -0.2) is 9.69 Å². The molecule has 2 N–H and O–H groups in total. The summed E-state index contributed by atoms with van der Waals surface area (Å²) in [6.45, 7) is 2.89. The largest absolute Gasteiger partial charge is 0.509 e. The highest BCUT2D eigenvalue weighted by molar-refractivity contribution is 9.09. The fraction of sp³-hybridized carbons (Fsp3) is 0.286. The number of amides is 4. The first-order chi connectivity index (χ1) is 20.1. The van der Waals surface area contributed by atoms with E-state index >= 15 is 0 Å². The average Bonchev–Trinajstić information content (AvgIpc) is 3.24. The summed E-state index contributed by atoms with van der Waals surface area (Å²) in [4.78, 5) is 76.8. The summed E-state index contributed by atoms with van der Waals surface area (Å²) in [6.07, 6.45) is 0. The Morgan fingerprint density at radius 3 is 2.24 bits per heavy atom. The SMILES string of the molecule is CC(C)c1ccc(OCC(=O)NC2C(=O)N(/C(C(=O)OCN3C(=O)c4ccccc4C3=O)=C(/O)CBr)C2SC=O)cc1. The molecule has 2 aromatic carbocycles. The van der Waals surface area contributed by atoms with E-state index in [0.29, 0.717) is 33.9 Å². The van der Waals surface area contributed by atoms with Crippen molar-refractivity contribution in [2.24, 2.45) is 0 Å². The van der Waals surface area contributed by atoms with Crippen LogP contribution in [0.4, 0.5) is 0 Å². The number of benzene rings is 2. The van der Waals surface area contributed by atoms with E-state index in [-0.39, 0.29) is 16.5 Å². The van der Waals surface area contributed by atoms with Crippen LogP contribution in [0, 0.1) is 0 Å². The Balaban J connectivity index is 1.41. The van der Waals surface area contributed by atoms with Gasteiger partial charge in [-0.05, 0) is 35.7 Å². The van der Waals surface area contributed by atoms with Crippen LogP contribution in [0.2, 0.25) is 0 Å². The first kappa shape index (κ1) is 30.8. The fourth-order valence-electron chi connectivity index (χ4n) is 4.31. The number of halogens is 1. The number of carbonyl (C=O) groups is 6. The summed E-state index contributed by atoms with van der Waals surface area (Å²) in [5.74, 6) is -3.86. The van der Waals surface area contributed by atoms with Gasteiger partial charge in [0, 0.05) is 0 Å². The Morgan fingerprint density at radius 2 is 1.69 bits per heavy atom. The van der Waals surface area contributed by atoms with E-state index in [2.05, 4.69) is 21.2 Å². The third-order valence-electron chi connectivity index (χ3n) is 6.51. The van der Waals surface area contributed by atoms with Crippen molar-refractivity contribution in [3.63, 3.8) is 0 Å². The fourth-order valence-corrected chi connectivity index (χ4v) is 5.36. The number of carbonyl (C=O) groups excluding carboxylic acids is 6. The molecule has 1 saturated heterocycles. The van der Waals surface area contributed by atoms with Crippen molar-refractivity contribution in [3.8, 4) is 5.75 Å². The zero-order valence-electron chi connectivity index (χ0n) is 22.4. The number of imide groups is 1. The van der Waals surface area contributed by atoms with Crippen molar-refractivity contribution in [2.45, 2.75) is 31.2 Å². The van der Waals surface area contributed by atoms with E-state index in [4.69, 9.17) is 9.47 Å². The Morgan fingerprint density at radius 1 is 1.07 bits per heavy atom. The summed E-state index contributed by atoms with van der Waals surface area (Å²) >= 11 is 3.61. The van der Waals surface area contributed by atoms with Gasteiger partial charge in [0.15, 0.2) is 24.7 Å². The molecule has 14 heteroatoms. The number of nitrogens with zero attached hydrogens (tertiary/aromatic N) is 2. The number of aliphatic hydroxyl groups excluding tert-OH is 1. The number of aliphatic hydroxyl groups is 1. The molecule has 2 aliphatic heterocycles. The summed E-state index contributed by atoms with van der Waals surface area (Å²) < 4.78 is 10.6. The van der Waals surface area contributed by atoms with Gasteiger partial charge in [0.25, 0.3) is 23.6 Å². The molecule has 2 heterocycles. The maximum Gasteiger partial charge on any atom is 0.360 e. The quantitative estimate of drug-likeness (QED) is 0.0660. The van der Waals surface area contributed by atoms with Crippen LogP contribution >= 0.6 is 27.7 Å². The smallest absolute Gasteiger partial charge is 0.360 e. The third kappa shape index (κ3) is 6.19. The van der Waals surface area contributed by atoms with Gasteiger partial charge in [0.2, 0.25) is 0 Å². The van der Waals surface area contributed by atoms with Gasteiger partial charge in [0.05, 0.1) is 16.5 Å². The monoisotopic (exact) mass is 659 g/mol. The molecule has 0 bridgehead atoms. The standard InChI is InChI=1S/C28H26BrN3O9S/c1-15(2)16-7-9-17(10-8-16)40-12-21(35)30-22-26(38)32(27(22)42-14-33)23(20(34)11-29)28(39)41-13-31-24(36)18-5-3-4-6-19(18)25(31)37/h3-10,14-15,22,27,34H,11-13H2,1-2H3,(H,30,35)/b23-20+. The van der Waals surface area contributed by atoms with Crippen molar-refractivity contribution in [3.05, 3.63) is 76.7 Å². The van der Waals surface area contributed by atoms with Gasteiger partial charge >= 0.3 is 5.97 Å². The molecule has 220 valence electrons. The molecule has 12 nitrogen and oxygen atoms in total. The number of fused-ring (bicyclic) bond motifs is 1. The van der Waals surface area contributed by atoms with Crippen molar-refractivity contribution in [1.29, 1.82) is 0 Å². The van der Waals surface area contributed by atoms with E-state index in [0.717, 1.165) is 10.5 Å². The van der Waals surface area contributed by atoms with Crippen LogP contribution < -0.4 is 10.1 Å². The van der Waals surface area contributed by atoms with Crippen molar-refractivity contribution < 1.29 is 43.3 Å². The molecule has 4 amide bonds. The predicted molar refractivity (Wildman–Crippen MR) is 154 cm³/mol. The molecule has 4 rings (SSSR count). The molecule has 1 fully saturated rings. The lowest BCUT2D eigenvalue weighted by Crippen LogP contribution is -2.70. The lowest BCUT2D eigenvalue weighted by molar-refractivity contribution is -0.154. The van der Waals surface area contributed by atoms with Crippen LogP contribution in [0.15, 0.2) is 60.0 Å². The molecule has 0 radical (unpaired) electrons. The molecule has 42 heavy (non-hydrogen) atoms. The first-order valence-electron chi connectivity index (χ1n) is 12.6. The highest BCUT2D eigenvalue weighted by Crippen LogP contribution is 2.34. The number of ether oxygens (including phenoxy) is 2. The lowest BCUT2D eigenvalue weighted by Gasteiger charge is -2.45. The number of likely N-dealkylation sites (tertiary alicyclic amines) is 1. The molecule has 0 saturated carbocycles. The van der Waals surface area contributed by atoms with Crippen molar-refractivity contribution in [2.75, 3.05) is 18.7 Å². The zero-order valence-corrected chi connectivity index (χ0v) is 24.8. The van der Waals surface area contributed by atoms with Gasteiger partial charge in [-0.2, -0.15) is 0 Å². The van der Waals surface area contributed by atoms with Crippen LogP contribution in [0.1, 0.15) is 46.0 Å². The molecule has 2 atom stereocenters. The van der Waals surface area contributed by atoms with Gasteiger partial charge in [-0.3, -0.25) is 28.9 Å². The van der Waals surface area contributed by atoms with Gasteiger partial charge in [0.1, 0.15) is 22.9 Å². The summed E-state index contributed by atoms with van der Waals surface area (Å²) in [7, 11) is 0. The predicted octanol–water partition coefficient (Wildman–Crippen LogP) is 2.73. The van der Waals surface area contributed by atoms with Gasteiger partial charge in [-0.15, -0.1) is 0 Å². The maximum absolute atomic E-state index is 13.1. The minimum atomic E-state index is -1.23. The molecule has 2 aliphatic rings. The zero-order chi connectivity index (χ0) is 30.6. The second kappa shape index (κ2) is 13.2. The first-order valence-corrected chi connectivity index (χ1v) is 14.7. The Bertz CT molecular complexity index is 1430. The molecular weight excluding hydrogens is 634 g/mol. The highest BCUT2D eigenvalue weighted by atomic mass is 79.9. The summed E-state index contributed by atoms with van der Waals surface area (Å²) in [5, 5.41) is 11.6. The number of thioether (sulfide) groups is 1. The molecule has 2 aromatic rings. The molecule has 0 aromatic heterocycles. The minimum absolute atomic E-state index is 0.146. The third-order valence-corrected chi connectivity index (χ3v) is 7.91. The normalized spacial score (nSPS) is 18.3. The molecule has 0 aliphatic carbocycles. The van der Waals surface area contributed by atoms with Crippen LogP contribution in [0.25, 0.3) is 0 Å². The topological polar surface area (TPSA) is 160 Å². The number of nitrogens with one attached hydrogen (secondary N) is 1. The van der Waals surface area contributed by atoms with Crippen molar-refractivity contribution in [1.82, 2.24) is 15.1 Å². The number of hydrogen-bond donors (Lipinski definition) is 2. The Labute approximate surface area is 253 Å². The summed E-state index contributed by atoms with van der Waals surface area (Å²) in [6, 6.07) is 12.1. The van der Waals surface area contributed by atoms with Crippen molar-refractivity contribution >= 4 is 62.9 Å². The van der Waals surface area contributed by atoms with E-state index in [1.54, 1.807) is 24.3 Å². The number of allylic oxidation sites excluding steroid dienone is 1. The average molecular weight is 660 g/mol. The van der Waals surface area contributed by atoms with Crippen LogP contribution in [-0.2, 0) is 23.9 Å². The molecule has 2 unspecified atom stereocenters. The van der Waals surface area contributed by atoms with E-state index in [1.165, 1.54) is 12.1 Å². The van der Waals surface area contributed by atoms with Gasteiger partial charge < -0.3 is 19.9 Å². The summed E-state index contributed by atoms with van der Waals surface area (Å²) in [5.41, 5.74) is 1.20. The maximum atomic E-state index is 13.1.